The minimum Gasteiger partial charge on any atom is -0.254 e. The first-order chi connectivity index (χ1) is 2.91. The van der Waals surface area contributed by atoms with Crippen molar-refractivity contribution in [1.82, 2.24) is 4.72 Å². The van der Waals surface area contributed by atoms with Gasteiger partial charge in [-0.05, 0) is 0 Å². The van der Waals surface area contributed by atoms with Crippen molar-refractivity contribution in [1.29, 1.82) is 10.5 Å². The van der Waals surface area contributed by atoms with Crippen molar-refractivity contribution < 1.29 is 0 Å². The summed E-state index contributed by atoms with van der Waals surface area (Å²) in [5.41, 5.74) is 0. The summed E-state index contributed by atoms with van der Waals surface area (Å²) >= 11 is 0.703. The van der Waals surface area contributed by atoms with Gasteiger partial charge in [-0.3, -0.25) is 4.72 Å². The van der Waals surface area contributed by atoms with Crippen molar-refractivity contribution in [3.63, 3.8) is 0 Å². The van der Waals surface area contributed by atoms with E-state index in [1.165, 1.54) is 0 Å². The maximum absolute atomic E-state index is 7.70. The molecule has 0 aromatic heterocycles. The molecule has 0 aromatic carbocycles. The normalized spacial score (nSPS) is 5.00. The lowest BCUT2D eigenvalue weighted by Gasteiger charge is -1.70. The fourth-order valence-electron chi connectivity index (χ4n) is 0.0456. The van der Waals surface area contributed by atoms with E-state index in [9.17, 15) is 0 Å². The van der Waals surface area contributed by atoms with Gasteiger partial charge in [0, 0.05) is 0 Å². The molecule has 0 radical (unpaired) electrons. The van der Waals surface area contributed by atoms with Crippen LogP contribution in [0.2, 0.25) is 0 Å². The average Bonchev–Trinajstić information content (AvgIpc) is 1.61. The molecule has 0 spiro atoms. The van der Waals surface area contributed by atoms with Gasteiger partial charge in [-0.2, -0.15) is 10.5 Å². The predicted octanol–water partition coefficient (Wildman–Crippen LogP) is 0.186. The van der Waals surface area contributed by atoms with E-state index in [2.05, 4.69) is 4.72 Å². The largest absolute Gasteiger partial charge is 0.254 e. The zero-order valence-corrected chi connectivity index (χ0v) is 3.62. The second-order valence-electron chi connectivity index (χ2n) is 0.407. The van der Waals surface area contributed by atoms with E-state index >= 15 is 0 Å². The lowest BCUT2D eigenvalue weighted by Crippen LogP contribution is -1.84. The van der Waals surface area contributed by atoms with Crippen molar-refractivity contribution in [3.8, 4) is 11.6 Å². The van der Waals surface area contributed by atoms with Gasteiger partial charge in [-0.25, -0.2) is 0 Å². The fourth-order valence-corrected chi connectivity index (χ4v) is 0.137. The van der Waals surface area contributed by atoms with Gasteiger partial charge in [0.05, 0.1) is 11.9 Å². The van der Waals surface area contributed by atoms with Crippen LogP contribution in [0.4, 0.5) is 0 Å². The lowest BCUT2D eigenvalue weighted by atomic mass is 11.5. The van der Waals surface area contributed by atoms with E-state index in [4.69, 9.17) is 10.5 Å². The Hall–Kier alpha value is -0.870. The van der Waals surface area contributed by atoms with Crippen LogP contribution in [-0.2, 0) is 0 Å². The number of nitrogens with one attached hydrogen (secondary N) is 1. The van der Waals surface area contributed by atoms with Crippen LogP contribution in [0.25, 0.3) is 0 Å². The fraction of sp³-hybridized carbons (Fsp3) is 0. The van der Waals surface area contributed by atoms with Crippen LogP contribution in [0.5, 0.6) is 0 Å². The zero-order chi connectivity index (χ0) is 4.83. The molecule has 0 bridgehead atoms. The molecule has 0 amide bonds. The van der Waals surface area contributed by atoms with Crippen LogP contribution in [0.1, 0.15) is 0 Å². The molecular formula is C2HN3S. The molecule has 0 saturated heterocycles. The van der Waals surface area contributed by atoms with Crippen molar-refractivity contribution in [3.05, 3.63) is 0 Å². The first-order valence-corrected chi connectivity index (χ1v) is 1.92. The Kier molecular flexibility index (Phi) is 3.53. The molecule has 0 aromatic rings. The quantitative estimate of drug-likeness (QED) is 0.220. The molecule has 3 nitrogen and oxygen atoms in total. The zero-order valence-electron chi connectivity index (χ0n) is 2.80. The van der Waals surface area contributed by atoms with E-state index in [0.717, 1.165) is 0 Å². The lowest BCUT2D eigenvalue weighted by molar-refractivity contribution is 1.37. The molecule has 1 N–H and O–H groups in total. The van der Waals surface area contributed by atoms with E-state index in [-0.39, 0.29) is 0 Å². The highest BCUT2D eigenvalue weighted by molar-refractivity contribution is 8.02. The summed E-state index contributed by atoms with van der Waals surface area (Å²) < 4.78 is 2.06. The number of nitrogens with zero attached hydrogens (tertiary/aromatic N) is 2. The van der Waals surface area contributed by atoms with Crippen LogP contribution in [0.15, 0.2) is 0 Å². The molecule has 0 aliphatic rings. The van der Waals surface area contributed by atoms with Crippen LogP contribution >= 0.6 is 11.9 Å². The monoisotopic (exact) mass is 99.0 g/mol. The summed E-state index contributed by atoms with van der Waals surface area (Å²) in [6.07, 6.45) is 1.56. The number of thiocyanates is 1. The topological polar surface area (TPSA) is 59.6 Å². The Bertz CT molecular complexity index is 82.3. The molecule has 6 heavy (non-hydrogen) atoms. The Balaban J connectivity index is 2.78. The Morgan fingerprint density at radius 2 is 2.17 bits per heavy atom. The van der Waals surface area contributed by atoms with Gasteiger partial charge in [0.15, 0.2) is 11.6 Å². The van der Waals surface area contributed by atoms with Crippen LogP contribution < -0.4 is 4.72 Å². The maximum atomic E-state index is 7.70. The van der Waals surface area contributed by atoms with E-state index < -0.39 is 0 Å². The van der Waals surface area contributed by atoms with E-state index in [1.807, 2.05) is 0 Å². The van der Waals surface area contributed by atoms with E-state index in [0.29, 0.717) is 11.9 Å². The molecular weight excluding hydrogens is 98.1 g/mol. The summed E-state index contributed by atoms with van der Waals surface area (Å²) in [6, 6.07) is 0. The number of rotatable bonds is 1. The van der Waals surface area contributed by atoms with Gasteiger partial charge in [-0.15, -0.1) is 0 Å². The standard InChI is InChI=1S/C2HN3S/c3-1-5-6-2-4/h5H. The highest BCUT2D eigenvalue weighted by Crippen LogP contribution is 1.80. The third kappa shape index (κ3) is 3.13. The molecule has 0 aliphatic heterocycles. The second kappa shape index (κ2) is 4.13. The van der Waals surface area contributed by atoms with Crippen LogP contribution in [0.3, 0.4) is 0 Å². The molecule has 0 saturated carbocycles. The minimum atomic E-state index is 0.703. The maximum Gasteiger partial charge on any atom is 0.188 e. The molecule has 0 rings (SSSR count). The molecule has 4 heteroatoms. The predicted molar refractivity (Wildman–Crippen MR) is 22.0 cm³/mol. The average molecular weight is 99.1 g/mol. The van der Waals surface area contributed by atoms with Gasteiger partial charge in [0.1, 0.15) is 0 Å². The summed E-state index contributed by atoms with van der Waals surface area (Å²) in [6.45, 7) is 0. The van der Waals surface area contributed by atoms with Gasteiger partial charge in [0.2, 0.25) is 0 Å². The number of hydrogen-bond donors (Lipinski definition) is 1. The van der Waals surface area contributed by atoms with Crippen molar-refractivity contribution >= 4 is 11.9 Å². The van der Waals surface area contributed by atoms with Crippen molar-refractivity contribution in [2.75, 3.05) is 0 Å². The van der Waals surface area contributed by atoms with Crippen LogP contribution in [0, 0.1) is 22.1 Å². The van der Waals surface area contributed by atoms with Gasteiger partial charge in [0.25, 0.3) is 0 Å². The highest BCUT2D eigenvalue weighted by atomic mass is 32.2. The van der Waals surface area contributed by atoms with Gasteiger partial charge in [-0.1, -0.05) is 0 Å². The Labute approximate surface area is 39.7 Å². The number of nitriles is 2. The van der Waals surface area contributed by atoms with Crippen LogP contribution in [-0.4, -0.2) is 0 Å². The number of hydrogen-bond acceptors (Lipinski definition) is 4. The minimum absolute atomic E-state index is 0.703. The summed E-state index contributed by atoms with van der Waals surface area (Å²) in [5.74, 6) is 0. The van der Waals surface area contributed by atoms with Gasteiger partial charge >= 0.3 is 0 Å². The summed E-state index contributed by atoms with van der Waals surface area (Å²) in [5, 5.41) is 17.0. The van der Waals surface area contributed by atoms with Crippen molar-refractivity contribution in [2.24, 2.45) is 0 Å². The third-order valence-electron chi connectivity index (χ3n) is 0.142. The van der Waals surface area contributed by atoms with Gasteiger partial charge < -0.3 is 0 Å². The molecule has 0 atom stereocenters. The Morgan fingerprint density at radius 1 is 1.50 bits per heavy atom. The molecule has 0 heterocycles. The first-order valence-electron chi connectivity index (χ1n) is 1.11. The third-order valence-corrected chi connectivity index (χ3v) is 0.427. The molecule has 0 aliphatic carbocycles. The summed E-state index contributed by atoms with van der Waals surface area (Å²) in [4.78, 5) is 0. The first kappa shape index (κ1) is 5.13. The smallest absolute Gasteiger partial charge is 0.188 e. The van der Waals surface area contributed by atoms with Crippen molar-refractivity contribution in [2.45, 2.75) is 0 Å². The second-order valence-corrected chi connectivity index (χ2v) is 0.998. The summed E-state index contributed by atoms with van der Waals surface area (Å²) in [7, 11) is 0. The molecule has 0 unspecified atom stereocenters. The molecule has 0 fully saturated rings. The van der Waals surface area contributed by atoms with E-state index in [1.54, 1.807) is 11.6 Å². The SMILES string of the molecule is N#CNSC#N. The highest BCUT2D eigenvalue weighted by Gasteiger charge is 1.68. The molecule has 30 valence electrons. The Morgan fingerprint density at radius 3 is 2.33 bits per heavy atom.